The Morgan fingerprint density at radius 3 is 2.53 bits per heavy atom. The van der Waals surface area contributed by atoms with E-state index in [4.69, 9.17) is 32.5 Å². The van der Waals surface area contributed by atoms with Crippen molar-refractivity contribution in [1.29, 1.82) is 0 Å². The highest BCUT2D eigenvalue weighted by Gasteiger charge is 2.19. The van der Waals surface area contributed by atoms with E-state index in [0.29, 0.717) is 22.9 Å². The molecule has 5 nitrogen and oxygen atoms in total. The Hall–Kier alpha value is -1.46. The smallest absolute Gasteiger partial charge is 0.258 e. The minimum absolute atomic E-state index is 0.0746. The lowest BCUT2D eigenvalue weighted by Crippen LogP contribution is -2.31. The van der Waals surface area contributed by atoms with Crippen LogP contribution in [0.1, 0.15) is 19.4 Å². The molecular weight excluding hydrogens is 268 g/mol. The first kappa shape index (κ1) is 15.6. The van der Waals surface area contributed by atoms with Crippen molar-refractivity contribution in [3.8, 4) is 11.5 Å². The van der Waals surface area contributed by atoms with Crippen LogP contribution in [0.25, 0.3) is 0 Å². The van der Waals surface area contributed by atoms with Crippen molar-refractivity contribution in [3.63, 3.8) is 0 Å². The van der Waals surface area contributed by atoms with Gasteiger partial charge in [-0.1, -0.05) is 11.6 Å². The number of carbonyl (C=O) groups excluding carboxylic acids is 1. The van der Waals surface area contributed by atoms with Crippen LogP contribution >= 0.6 is 11.6 Å². The summed E-state index contributed by atoms with van der Waals surface area (Å²) in [6, 6.07) is 3.29. The highest BCUT2D eigenvalue weighted by molar-refractivity contribution is 6.30. The zero-order valence-corrected chi connectivity index (χ0v) is 12.0. The summed E-state index contributed by atoms with van der Waals surface area (Å²) < 4.78 is 10.8. The molecule has 2 unspecified atom stereocenters. The van der Waals surface area contributed by atoms with Crippen molar-refractivity contribution >= 4 is 17.5 Å². The van der Waals surface area contributed by atoms with Gasteiger partial charge in [-0.2, -0.15) is 0 Å². The molecule has 0 bridgehead atoms. The van der Waals surface area contributed by atoms with Crippen LogP contribution in [0.3, 0.4) is 0 Å². The van der Waals surface area contributed by atoms with Crippen LogP contribution in [0.15, 0.2) is 12.1 Å². The predicted molar refractivity (Wildman–Crippen MR) is 74.6 cm³/mol. The third-order valence-electron chi connectivity index (χ3n) is 2.55. The van der Waals surface area contributed by atoms with Gasteiger partial charge in [-0.25, -0.2) is 0 Å². The summed E-state index contributed by atoms with van der Waals surface area (Å²) in [4.78, 5) is 11.1. The van der Waals surface area contributed by atoms with Crippen LogP contribution in [0, 0.1) is 0 Å². The Labute approximate surface area is 117 Å². The van der Waals surface area contributed by atoms with Gasteiger partial charge in [0.1, 0.15) is 0 Å². The number of benzene rings is 1. The Morgan fingerprint density at radius 2 is 2.05 bits per heavy atom. The van der Waals surface area contributed by atoms with Crippen molar-refractivity contribution < 1.29 is 14.3 Å². The largest absolute Gasteiger partial charge is 0.493 e. The minimum Gasteiger partial charge on any atom is -0.493 e. The maximum Gasteiger partial charge on any atom is 0.258 e. The molecule has 4 N–H and O–H groups in total. The molecule has 19 heavy (non-hydrogen) atoms. The fourth-order valence-electron chi connectivity index (χ4n) is 1.64. The molecule has 0 aliphatic carbocycles. The van der Waals surface area contributed by atoms with Gasteiger partial charge in [0, 0.05) is 22.7 Å². The number of hydrogen-bond acceptors (Lipinski definition) is 4. The van der Waals surface area contributed by atoms with Gasteiger partial charge < -0.3 is 20.9 Å². The zero-order chi connectivity index (χ0) is 14.6. The fraction of sp³-hybridized carbons (Fsp3) is 0.462. The van der Waals surface area contributed by atoms with Crippen LogP contribution in [-0.4, -0.2) is 25.2 Å². The predicted octanol–water partition coefficient (Wildman–Crippen LogP) is 1.49. The van der Waals surface area contributed by atoms with Crippen LogP contribution in [0.2, 0.25) is 5.02 Å². The molecule has 0 heterocycles. The van der Waals surface area contributed by atoms with E-state index in [0.717, 1.165) is 5.56 Å². The number of ether oxygens (including phenoxy) is 2. The van der Waals surface area contributed by atoms with Crippen molar-refractivity contribution in [2.75, 3.05) is 7.11 Å². The van der Waals surface area contributed by atoms with Gasteiger partial charge in [0.05, 0.1) is 7.11 Å². The lowest BCUT2D eigenvalue weighted by atomic mass is 10.1. The third kappa shape index (κ3) is 4.29. The van der Waals surface area contributed by atoms with Crippen molar-refractivity contribution in [3.05, 3.63) is 22.7 Å². The first-order valence-electron chi connectivity index (χ1n) is 5.93. The SMILES string of the molecule is COc1cc(Cl)cc(CC(C)N)c1OC(C)C(N)=O. The monoisotopic (exact) mass is 286 g/mol. The second-order valence-electron chi connectivity index (χ2n) is 4.44. The van der Waals surface area contributed by atoms with E-state index < -0.39 is 12.0 Å². The number of primary amides is 1. The molecule has 2 atom stereocenters. The number of amides is 1. The van der Waals surface area contributed by atoms with E-state index in [1.54, 1.807) is 19.1 Å². The third-order valence-corrected chi connectivity index (χ3v) is 2.77. The minimum atomic E-state index is -0.762. The summed E-state index contributed by atoms with van der Waals surface area (Å²) >= 11 is 6.02. The fourth-order valence-corrected chi connectivity index (χ4v) is 1.87. The molecule has 0 spiro atoms. The van der Waals surface area contributed by atoms with Gasteiger partial charge in [-0.3, -0.25) is 4.79 Å². The lowest BCUT2D eigenvalue weighted by molar-refractivity contribution is -0.124. The van der Waals surface area contributed by atoms with E-state index in [1.807, 2.05) is 6.92 Å². The molecule has 0 aliphatic heterocycles. The van der Waals surface area contributed by atoms with Gasteiger partial charge in [0.2, 0.25) is 0 Å². The molecule has 0 radical (unpaired) electrons. The van der Waals surface area contributed by atoms with E-state index in [1.165, 1.54) is 7.11 Å². The van der Waals surface area contributed by atoms with Gasteiger partial charge in [-0.05, 0) is 26.3 Å². The molecule has 0 saturated heterocycles. The van der Waals surface area contributed by atoms with Crippen LogP contribution in [-0.2, 0) is 11.2 Å². The second kappa shape index (κ2) is 6.63. The van der Waals surface area contributed by atoms with Gasteiger partial charge >= 0.3 is 0 Å². The number of nitrogens with two attached hydrogens (primary N) is 2. The summed E-state index contributed by atoms with van der Waals surface area (Å²) in [7, 11) is 1.50. The molecule has 1 aromatic carbocycles. The standard InChI is InChI=1S/C13H19ClN2O3/c1-7(15)4-9-5-10(14)6-11(18-3)12(9)19-8(2)13(16)17/h5-8H,4,15H2,1-3H3,(H2,16,17). The van der Waals surface area contributed by atoms with Gasteiger partial charge in [-0.15, -0.1) is 0 Å². The van der Waals surface area contributed by atoms with Crippen LogP contribution in [0.4, 0.5) is 0 Å². The van der Waals surface area contributed by atoms with Gasteiger partial charge in [0.25, 0.3) is 5.91 Å². The first-order valence-corrected chi connectivity index (χ1v) is 6.31. The summed E-state index contributed by atoms with van der Waals surface area (Å²) in [5.74, 6) is 0.357. The summed E-state index contributed by atoms with van der Waals surface area (Å²) in [6.07, 6.45) is -0.209. The van der Waals surface area contributed by atoms with Gasteiger partial charge in [0.15, 0.2) is 17.6 Å². The van der Waals surface area contributed by atoms with Crippen LogP contribution in [0.5, 0.6) is 11.5 Å². The number of rotatable bonds is 6. The quantitative estimate of drug-likeness (QED) is 0.829. The lowest BCUT2D eigenvalue weighted by Gasteiger charge is -2.19. The number of carbonyl (C=O) groups is 1. The molecule has 0 saturated carbocycles. The molecule has 1 aromatic rings. The highest BCUT2D eigenvalue weighted by Crippen LogP contribution is 2.36. The van der Waals surface area contributed by atoms with Crippen molar-refractivity contribution in [2.24, 2.45) is 11.5 Å². The maximum absolute atomic E-state index is 11.1. The Morgan fingerprint density at radius 1 is 1.42 bits per heavy atom. The first-order chi connectivity index (χ1) is 8.85. The molecule has 0 fully saturated rings. The number of halogens is 1. The Kier molecular flexibility index (Phi) is 5.44. The summed E-state index contributed by atoms with van der Waals surface area (Å²) in [5, 5.41) is 0.520. The summed E-state index contributed by atoms with van der Waals surface area (Å²) in [5.41, 5.74) is 11.8. The number of hydrogen-bond donors (Lipinski definition) is 2. The molecule has 0 aromatic heterocycles. The number of methoxy groups -OCH3 is 1. The highest BCUT2D eigenvalue weighted by atomic mass is 35.5. The van der Waals surface area contributed by atoms with E-state index in [2.05, 4.69) is 0 Å². The Balaban J connectivity index is 3.19. The molecule has 106 valence electrons. The van der Waals surface area contributed by atoms with E-state index in [9.17, 15) is 4.79 Å². The molecule has 1 rings (SSSR count). The topological polar surface area (TPSA) is 87.6 Å². The molecule has 6 heteroatoms. The Bertz CT molecular complexity index is 463. The normalized spacial score (nSPS) is 13.7. The zero-order valence-electron chi connectivity index (χ0n) is 11.3. The van der Waals surface area contributed by atoms with E-state index >= 15 is 0 Å². The van der Waals surface area contributed by atoms with Crippen molar-refractivity contribution in [2.45, 2.75) is 32.4 Å². The molecule has 1 amide bonds. The molecule has 0 aliphatic rings. The second-order valence-corrected chi connectivity index (χ2v) is 4.88. The van der Waals surface area contributed by atoms with Crippen molar-refractivity contribution in [1.82, 2.24) is 0 Å². The molecular formula is C13H19ClN2O3. The average Bonchev–Trinajstić information content (AvgIpc) is 2.30. The van der Waals surface area contributed by atoms with Crippen LogP contribution < -0.4 is 20.9 Å². The average molecular weight is 287 g/mol. The maximum atomic E-state index is 11.1. The summed E-state index contributed by atoms with van der Waals surface area (Å²) in [6.45, 7) is 3.45. The van der Waals surface area contributed by atoms with E-state index in [-0.39, 0.29) is 6.04 Å².